The first kappa shape index (κ1) is 13.5. The van der Waals surface area contributed by atoms with Gasteiger partial charge in [-0.3, -0.25) is 0 Å². The minimum atomic E-state index is -2.88. The molecule has 0 heterocycles. The molecule has 1 atom stereocenters. The van der Waals surface area contributed by atoms with E-state index in [1.165, 1.54) is 0 Å². The Morgan fingerprint density at radius 2 is 2.29 bits per heavy atom. The molecule has 14 heavy (non-hydrogen) atoms. The molecule has 0 saturated carbocycles. The first-order valence-electron chi connectivity index (χ1n) is 3.99. The summed E-state index contributed by atoms with van der Waals surface area (Å²) in [5, 5.41) is 1.64. The summed E-state index contributed by atoms with van der Waals surface area (Å²) in [5.74, 6) is -0.937. The number of carbonyl (C=O) groups excluding carboxylic acids is 1. The van der Waals surface area contributed by atoms with Crippen molar-refractivity contribution in [2.75, 3.05) is 13.7 Å². The summed E-state index contributed by atoms with van der Waals surface area (Å²) in [4.78, 5) is 9.20. The standard InChI is InChI=1S/C7H13ClF2N2O2/c1-14-5(13)7(8,3-2-4-11)12-6(9)10/h6,12H,2-4,11H2,1H3/t7-/m0/s1. The Morgan fingerprint density at radius 1 is 1.71 bits per heavy atom. The minimum absolute atomic E-state index is 0.0118. The van der Waals surface area contributed by atoms with Crippen LogP contribution in [0.1, 0.15) is 12.8 Å². The van der Waals surface area contributed by atoms with Crippen molar-refractivity contribution in [2.45, 2.75) is 24.4 Å². The zero-order chi connectivity index (χ0) is 11.2. The predicted molar refractivity (Wildman–Crippen MR) is 48.0 cm³/mol. The number of esters is 1. The third-order valence-corrected chi connectivity index (χ3v) is 2.02. The number of carbonyl (C=O) groups is 1. The summed E-state index contributed by atoms with van der Waals surface area (Å²) >= 11 is 5.64. The fourth-order valence-corrected chi connectivity index (χ4v) is 1.21. The van der Waals surface area contributed by atoms with E-state index in [1.807, 2.05) is 0 Å². The van der Waals surface area contributed by atoms with E-state index in [9.17, 15) is 13.6 Å². The van der Waals surface area contributed by atoms with Crippen LogP contribution >= 0.6 is 11.6 Å². The third-order valence-electron chi connectivity index (χ3n) is 1.57. The smallest absolute Gasteiger partial charge is 0.341 e. The molecule has 3 N–H and O–H groups in total. The number of nitrogens with two attached hydrogens (primary N) is 1. The Kier molecular flexibility index (Phi) is 5.90. The molecule has 0 aliphatic carbocycles. The van der Waals surface area contributed by atoms with Gasteiger partial charge < -0.3 is 10.5 Å². The molecule has 0 fully saturated rings. The molecule has 0 radical (unpaired) electrons. The maximum absolute atomic E-state index is 12.0. The molecule has 0 amide bonds. The van der Waals surface area contributed by atoms with E-state index in [0.29, 0.717) is 6.42 Å². The Labute approximate surface area is 85.7 Å². The molecule has 4 nitrogen and oxygen atoms in total. The van der Waals surface area contributed by atoms with Crippen LogP contribution in [0, 0.1) is 0 Å². The maximum atomic E-state index is 12.0. The zero-order valence-electron chi connectivity index (χ0n) is 7.73. The van der Waals surface area contributed by atoms with Gasteiger partial charge in [-0.15, -0.1) is 0 Å². The second-order valence-corrected chi connectivity index (χ2v) is 3.28. The SMILES string of the molecule is COC(=O)[C@](Cl)(CCCN)NC(F)F. The lowest BCUT2D eigenvalue weighted by atomic mass is 10.1. The van der Waals surface area contributed by atoms with E-state index in [4.69, 9.17) is 17.3 Å². The number of halogens is 3. The highest BCUT2D eigenvalue weighted by atomic mass is 35.5. The molecule has 0 aromatic rings. The predicted octanol–water partition coefficient (Wildman–Crippen LogP) is 0.646. The van der Waals surface area contributed by atoms with Gasteiger partial charge in [0.1, 0.15) is 0 Å². The molecule has 7 heteroatoms. The van der Waals surface area contributed by atoms with Gasteiger partial charge in [0.25, 0.3) is 6.55 Å². The highest BCUT2D eigenvalue weighted by Crippen LogP contribution is 2.21. The number of ether oxygens (including phenoxy) is 1. The van der Waals surface area contributed by atoms with Gasteiger partial charge in [0.05, 0.1) is 7.11 Å². The van der Waals surface area contributed by atoms with E-state index >= 15 is 0 Å². The number of hydrogen-bond donors (Lipinski definition) is 2. The number of hydrogen-bond acceptors (Lipinski definition) is 4. The van der Waals surface area contributed by atoms with Crippen LogP contribution < -0.4 is 11.1 Å². The highest BCUT2D eigenvalue weighted by Gasteiger charge is 2.38. The summed E-state index contributed by atoms with van der Waals surface area (Å²) in [6.07, 6.45) is 0.334. The van der Waals surface area contributed by atoms with E-state index in [-0.39, 0.29) is 13.0 Å². The topological polar surface area (TPSA) is 64.3 Å². The monoisotopic (exact) mass is 230 g/mol. The lowest BCUT2D eigenvalue weighted by Crippen LogP contribution is -2.50. The minimum Gasteiger partial charge on any atom is -0.467 e. The summed E-state index contributed by atoms with van der Waals surface area (Å²) in [7, 11) is 1.08. The fraction of sp³-hybridized carbons (Fsp3) is 0.857. The van der Waals surface area contributed by atoms with Crippen molar-refractivity contribution in [1.29, 1.82) is 0 Å². The van der Waals surface area contributed by atoms with Crippen LogP contribution in [0.5, 0.6) is 0 Å². The Balaban J connectivity index is 4.40. The highest BCUT2D eigenvalue weighted by molar-refractivity contribution is 6.33. The van der Waals surface area contributed by atoms with Crippen LogP contribution in [-0.2, 0) is 9.53 Å². The molecular formula is C7H13ClF2N2O2. The van der Waals surface area contributed by atoms with E-state index in [0.717, 1.165) is 7.11 Å². The molecule has 0 unspecified atom stereocenters. The van der Waals surface area contributed by atoms with E-state index in [1.54, 1.807) is 5.32 Å². The number of alkyl halides is 3. The quantitative estimate of drug-likeness (QED) is 0.399. The molecule has 0 aliphatic heterocycles. The lowest BCUT2D eigenvalue weighted by molar-refractivity contribution is -0.147. The lowest BCUT2D eigenvalue weighted by Gasteiger charge is -2.24. The van der Waals surface area contributed by atoms with E-state index in [2.05, 4.69) is 4.74 Å². The zero-order valence-corrected chi connectivity index (χ0v) is 8.48. The van der Waals surface area contributed by atoms with Crippen molar-refractivity contribution >= 4 is 17.6 Å². The second kappa shape index (κ2) is 6.10. The van der Waals surface area contributed by atoms with Crippen LogP contribution in [0.15, 0.2) is 0 Å². The number of nitrogens with one attached hydrogen (secondary N) is 1. The van der Waals surface area contributed by atoms with Crippen molar-refractivity contribution < 1.29 is 18.3 Å². The summed E-state index contributed by atoms with van der Waals surface area (Å²) in [6, 6.07) is 0. The van der Waals surface area contributed by atoms with Gasteiger partial charge >= 0.3 is 5.97 Å². The van der Waals surface area contributed by atoms with Gasteiger partial charge in [-0.1, -0.05) is 11.6 Å². The Morgan fingerprint density at radius 3 is 2.64 bits per heavy atom. The first-order valence-corrected chi connectivity index (χ1v) is 4.37. The largest absolute Gasteiger partial charge is 0.467 e. The van der Waals surface area contributed by atoms with Crippen molar-refractivity contribution in [3.05, 3.63) is 0 Å². The van der Waals surface area contributed by atoms with Gasteiger partial charge in [0.15, 0.2) is 5.00 Å². The molecule has 0 rings (SSSR count). The molecule has 0 aliphatic rings. The fourth-order valence-electron chi connectivity index (χ4n) is 0.914. The molecule has 84 valence electrons. The van der Waals surface area contributed by atoms with Gasteiger partial charge in [0.2, 0.25) is 0 Å². The molecule has 0 aromatic heterocycles. The average Bonchev–Trinajstić information content (AvgIpc) is 2.12. The Hall–Kier alpha value is -0.460. The summed E-state index contributed by atoms with van der Waals surface area (Å²) < 4.78 is 28.3. The van der Waals surface area contributed by atoms with Crippen LogP contribution in [0.2, 0.25) is 0 Å². The summed E-state index contributed by atoms with van der Waals surface area (Å²) in [6.45, 7) is -2.62. The van der Waals surface area contributed by atoms with Crippen LogP contribution in [0.25, 0.3) is 0 Å². The van der Waals surface area contributed by atoms with Crippen molar-refractivity contribution in [2.24, 2.45) is 5.73 Å². The van der Waals surface area contributed by atoms with Gasteiger partial charge in [0, 0.05) is 0 Å². The molecule has 0 aromatic carbocycles. The van der Waals surface area contributed by atoms with E-state index < -0.39 is 17.5 Å². The van der Waals surface area contributed by atoms with Crippen LogP contribution in [0.3, 0.4) is 0 Å². The average molecular weight is 231 g/mol. The molecule has 0 saturated heterocycles. The summed E-state index contributed by atoms with van der Waals surface area (Å²) in [5.41, 5.74) is 5.18. The third kappa shape index (κ3) is 4.17. The molecule has 0 spiro atoms. The molecule has 0 bridgehead atoms. The normalized spacial score (nSPS) is 15.3. The second-order valence-electron chi connectivity index (χ2n) is 2.63. The van der Waals surface area contributed by atoms with Gasteiger partial charge in [-0.25, -0.2) is 10.1 Å². The molecular weight excluding hydrogens is 218 g/mol. The van der Waals surface area contributed by atoms with Crippen molar-refractivity contribution in [1.82, 2.24) is 5.32 Å². The van der Waals surface area contributed by atoms with Gasteiger partial charge in [-0.2, -0.15) is 8.78 Å². The number of methoxy groups -OCH3 is 1. The van der Waals surface area contributed by atoms with Crippen molar-refractivity contribution in [3.63, 3.8) is 0 Å². The number of rotatable bonds is 6. The van der Waals surface area contributed by atoms with Crippen LogP contribution in [0.4, 0.5) is 8.78 Å². The maximum Gasteiger partial charge on any atom is 0.341 e. The van der Waals surface area contributed by atoms with Gasteiger partial charge in [-0.05, 0) is 19.4 Å². The van der Waals surface area contributed by atoms with Crippen molar-refractivity contribution in [3.8, 4) is 0 Å². The van der Waals surface area contributed by atoms with Crippen LogP contribution in [-0.4, -0.2) is 31.2 Å². The first-order chi connectivity index (χ1) is 6.46. The Bertz CT molecular complexity index is 195.